The van der Waals surface area contributed by atoms with E-state index in [9.17, 15) is 4.79 Å². The Morgan fingerprint density at radius 2 is 1.84 bits per heavy atom. The Kier molecular flexibility index (Phi) is 6.43. The summed E-state index contributed by atoms with van der Waals surface area (Å²) in [5.74, 6) is 1.26. The molecule has 0 atom stereocenters. The molecule has 0 saturated carbocycles. The molecule has 2 heterocycles. The zero-order valence-corrected chi connectivity index (χ0v) is 18.3. The molecule has 0 saturated heterocycles. The van der Waals surface area contributed by atoms with Crippen LogP contribution in [0.5, 0.6) is 11.5 Å². The van der Waals surface area contributed by atoms with Gasteiger partial charge in [0.1, 0.15) is 11.5 Å². The number of hydrogen-bond acceptors (Lipinski definition) is 6. The van der Waals surface area contributed by atoms with Crippen LogP contribution >= 0.6 is 11.3 Å². The second-order valence-corrected chi connectivity index (χ2v) is 7.97. The number of pyridine rings is 1. The number of nitrogens with zero attached hydrogens (tertiary/aromatic N) is 3. The molecule has 0 N–H and O–H groups in total. The number of aromatic nitrogens is 2. The lowest BCUT2D eigenvalue weighted by Crippen LogP contribution is -2.34. The standard InChI is InChI=1S/C24H23N3O3S/c1-3-29-20-11-12-21-22(14-20)31-24(26-21)27(15-18-6-4-5-13-25-18)23(28)16-30-19-9-7-17(2)8-10-19/h4-14H,3,15-16H2,1-2H3. The molecule has 0 unspecified atom stereocenters. The fourth-order valence-corrected chi connectivity index (χ4v) is 4.05. The highest BCUT2D eigenvalue weighted by Gasteiger charge is 2.21. The number of benzene rings is 2. The predicted octanol–water partition coefficient (Wildman–Crippen LogP) is 5.01. The largest absolute Gasteiger partial charge is 0.494 e. The van der Waals surface area contributed by atoms with E-state index in [4.69, 9.17) is 9.47 Å². The van der Waals surface area contributed by atoms with E-state index < -0.39 is 0 Å². The summed E-state index contributed by atoms with van der Waals surface area (Å²) in [4.78, 5) is 23.8. The minimum absolute atomic E-state index is 0.0873. The van der Waals surface area contributed by atoms with Crippen LogP contribution in [0.25, 0.3) is 10.2 Å². The SMILES string of the molecule is CCOc1ccc2nc(N(Cc3ccccn3)C(=O)COc3ccc(C)cc3)sc2c1. The smallest absolute Gasteiger partial charge is 0.267 e. The Morgan fingerprint density at radius 3 is 2.58 bits per heavy atom. The first-order chi connectivity index (χ1) is 15.1. The third-order valence-electron chi connectivity index (χ3n) is 4.62. The van der Waals surface area contributed by atoms with Crippen LogP contribution in [0.4, 0.5) is 5.13 Å². The van der Waals surface area contributed by atoms with Crippen LogP contribution in [0.15, 0.2) is 66.9 Å². The van der Waals surface area contributed by atoms with Gasteiger partial charge in [-0.3, -0.25) is 14.7 Å². The van der Waals surface area contributed by atoms with Crippen LogP contribution in [-0.2, 0) is 11.3 Å². The number of rotatable bonds is 8. The minimum atomic E-state index is -0.185. The number of carbonyl (C=O) groups is 1. The van der Waals surface area contributed by atoms with Crippen LogP contribution in [-0.4, -0.2) is 29.1 Å². The lowest BCUT2D eigenvalue weighted by Gasteiger charge is -2.19. The molecule has 31 heavy (non-hydrogen) atoms. The Hall–Kier alpha value is -3.45. The molecule has 0 bridgehead atoms. The van der Waals surface area contributed by atoms with Gasteiger partial charge in [-0.05, 0) is 56.3 Å². The number of aryl methyl sites for hydroxylation is 1. The Labute approximate surface area is 185 Å². The van der Waals surface area contributed by atoms with Crippen molar-refractivity contribution in [3.05, 3.63) is 78.1 Å². The van der Waals surface area contributed by atoms with Crippen molar-refractivity contribution < 1.29 is 14.3 Å². The van der Waals surface area contributed by atoms with Crippen molar-refractivity contribution in [3.8, 4) is 11.5 Å². The number of anilines is 1. The molecule has 6 nitrogen and oxygen atoms in total. The van der Waals surface area contributed by atoms with E-state index in [2.05, 4.69) is 9.97 Å². The van der Waals surface area contributed by atoms with Gasteiger partial charge in [0, 0.05) is 6.20 Å². The highest BCUT2D eigenvalue weighted by molar-refractivity contribution is 7.22. The van der Waals surface area contributed by atoms with Crippen molar-refractivity contribution in [3.63, 3.8) is 0 Å². The van der Waals surface area contributed by atoms with Gasteiger partial charge in [-0.1, -0.05) is 35.1 Å². The summed E-state index contributed by atoms with van der Waals surface area (Å²) in [5.41, 5.74) is 2.73. The molecule has 7 heteroatoms. The molecule has 0 spiro atoms. The fraction of sp³-hybridized carbons (Fsp3) is 0.208. The summed E-state index contributed by atoms with van der Waals surface area (Å²) >= 11 is 1.45. The highest BCUT2D eigenvalue weighted by Crippen LogP contribution is 2.32. The van der Waals surface area contributed by atoms with Gasteiger partial charge in [-0.2, -0.15) is 0 Å². The van der Waals surface area contributed by atoms with Crippen LogP contribution in [0.1, 0.15) is 18.2 Å². The zero-order chi connectivity index (χ0) is 21.6. The average Bonchev–Trinajstić information content (AvgIpc) is 3.21. The van der Waals surface area contributed by atoms with Crippen molar-refractivity contribution >= 4 is 32.6 Å². The van der Waals surface area contributed by atoms with Crippen molar-refractivity contribution in [2.24, 2.45) is 0 Å². The van der Waals surface area contributed by atoms with Crippen molar-refractivity contribution in [2.75, 3.05) is 18.1 Å². The maximum absolute atomic E-state index is 13.1. The highest BCUT2D eigenvalue weighted by atomic mass is 32.1. The molecular formula is C24H23N3O3S. The molecular weight excluding hydrogens is 410 g/mol. The zero-order valence-electron chi connectivity index (χ0n) is 17.4. The second kappa shape index (κ2) is 9.57. The van der Waals surface area contributed by atoms with Gasteiger partial charge in [0.15, 0.2) is 11.7 Å². The van der Waals surface area contributed by atoms with E-state index in [0.717, 1.165) is 27.2 Å². The van der Waals surface area contributed by atoms with Crippen LogP contribution in [0.3, 0.4) is 0 Å². The molecule has 0 fully saturated rings. The first kappa shape index (κ1) is 20.8. The van der Waals surface area contributed by atoms with Crippen LogP contribution < -0.4 is 14.4 Å². The van der Waals surface area contributed by atoms with Gasteiger partial charge >= 0.3 is 0 Å². The maximum atomic E-state index is 13.1. The molecule has 0 aliphatic heterocycles. The summed E-state index contributed by atoms with van der Waals surface area (Å²) in [5, 5.41) is 0.604. The van der Waals surface area contributed by atoms with E-state index in [1.165, 1.54) is 11.3 Å². The molecule has 4 rings (SSSR count). The number of carbonyl (C=O) groups excluding carboxylic acids is 1. The molecule has 0 aliphatic carbocycles. The normalized spacial score (nSPS) is 10.8. The summed E-state index contributed by atoms with van der Waals surface area (Å²) in [6, 6.07) is 19.0. The number of ether oxygens (including phenoxy) is 2. The van der Waals surface area contributed by atoms with Crippen LogP contribution in [0, 0.1) is 6.92 Å². The molecule has 4 aromatic rings. The monoisotopic (exact) mass is 433 g/mol. The first-order valence-corrected chi connectivity index (χ1v) is 10.9. The van der Waals surface area contributed by atoms with Gasteiger partial charge in [-0.25, -0.2) is 4.98 Å². The van der Waals surface area contributed by atoms with Gasteiger partial charge in [0.05, 0.1) is 29.1 Å². The average molecular weight is 434 g/mol. The van der Waals surface area contributed by atoms with Crippen molar-refractivity contribution in [1.29, 1.82) is 0 Å². The van der Waals surface area contributed by atoms with E-state index in [1.54, 1.807) is 11.1 Å². The summed E-state index contributed by atoms with van der Waals surface area (Å²) in [6.07, 6.45) is 1.72. The second-order valence-electron chi connectivity index (χ2n) is 6.96. The summed E-state index contributed by atoms with van der Waals surface area (Å²) in [7, 11) is 0. The van der Waals surface area contributed by atoms with E-state index in [0.29, 0.717) is 24.0 Å². The fourth-order valence-electron chi connectivity index (χ4n) is 3.04. The third-order valence-corrected chi connectivity index (χ3v) is 5.66. The summed E-state index contributed by atoms with van der Waals surface area (Å²) in [6.45, 7) is 4.78. The number of fused-ring (bicyclic) bond motifs is 1. The van der Waals surface area contributed by atoms with E-state index in [1.807, 2.05) is 74.5 Å². The molecule has 0 aliphatic rings. The number of hydrogen-bond donors (Lipinski definition) is 0. The van der Waals surface area contributed by atoms with Gasteiger partial charge in [-0.15, -0.1) is 0 Å². The molecule has 158 valence electrons. The third kappa shape index (κ3) is 5.19. The van der Waals surface area contributed by atoms with E-state index in [-0.39, 0.29) is 12.5 Å². The molecule has 1 amide bonds. The first-order valence-electron chi connectivity index (χ1n) is 10.1. The Balaban J connectivity index is 1.59. The van der Waals surface area contributed by atoms with Gasteiger partial charge < -0.3 is 9.47 Å². The van der Waals surface area contributed by atoms with Crippen molar-refractivity contribution in [1.82, 2.24) is 9.97 Å². The number of thiazole rings is 1. The lowest BCUT2D eigenvalue weighted by molar-refractivity contribution is -0.120. The molecule has 2 aromatic heterocycles. The Bertz CT molecular complexity index is 1160. The van der Waals surface area contributed by atoms with Crippen molar-refractivity contribution in [2.45, 2.75) is 20.4 Å². The number of amides is 1. The lowest BCUT2D eigenvalue weighted by atomic mass is 10.2. The molecule has 2 aromatic carbocycles. The predicted molar refractivity (Wildman–Crippen MR) is 123 cm³/mol. The summed E-state index contributed by atoms with van der Waals surface area (Å²) < 4.78 is 12.3. The van der Waals surface area contributed by atoms with Gasteiger partial charge in [0.25, 0.3) is 5.91 Å². The van der Waals surface area contributed by atoms with Gasteiger partial charge in [0.2, 0.25) is 0 Å². The van der Waals surface area contributed by atoms with E-state index >= 15 is 0 Å². The topological polar surface area (TPSA) is 64.5 Å². The maximum Gasteiger partial charge on any atom is 0.267 e. The van der Waals surface area contributed by atoms with Crippen LogP contribution in [0.2, 0.25) is 0 Å². The minimum Gasteiger partial charge on any atom is -0.494 e. The molecule has 0 radical (unpaired) electrons. The Morgan fingerprint density at radius 1 is 1.03 bits per heavy atom. The quantitative estimate of drug-likeness (QED) is 0.391.